The molecule has 104 valence electrons. The number of nitrogens with zero attached hydrogens (tertiary/aromatic N) is 3. The van der Waals surface area contributed by atoms with Crippen LogP contribution >= 0.6 is 0 Å². The van der Waals surface area contributed by atoms with Crippen LogP contribution in [0, 0.1) is 0 Å². The van der Waals surface area contributed by atoms with Crippen LogP contribution in [0.4, 0.5) is 0 Å². The van der Waals surface area contributed by atoms with Gasteiger partial charge in [0.25, 0.3) is 11.5 Å². The normalized spacial score (nSPS) is 14.5. The van der Waals surface area contributed by atoms with Crippen molar-refractivity contribution in [1.29, 1.82) is 0 Å². The second kappa shape index (κ2) is 4.29. The van der Waals surface area contributed by atoms with E-state index in [4.69, 9.17) is 0 Å². The Morgan fingerprint density at radius 3 is 2.60 bits per heavy atom. The highest BCUT2D eigenvalue weighted by Crippen LogP contribution is 2.19. The second-order valence-electron chi connectivity index (χ2n) is 5.02. The minimum atomic E-state index is -0.463. The van der Waals surface area contributed by atoms with Crippen molar-refractivity contribution >= 4 is 16.9 Å². The van der Waals surface area contributed by atoms with Crippen LogP contribution in [0.25, 0.3) is 11.0 Å². The second-order valence-corrected chi connectivity index (χ2v) is 5.02. The first kappa shape index (κ1) is 12.6. The molecule has 7 nitrogen and oxygen atoms in total. The van der Waals surface area contributed by atoms with Gasteiger partial charge in [-0.25, -0.2) is 9.78 Å². The largest absolute Gasteiger partial charge is 0.348 e. The monoisotopic (exact) mass is 274 g/mol. The van der Waals surface area contributed by atoms with Crippen LogP contribution in [0.2, 0.25) is 0 Å². The van der Waals surface area contributed by atoms with E-state index in [0.29, 0.717) is 5.39 Å². The van der Waals surface area contributed by atoms with Gasteiger partial charge < -0.3 is 5.32 Å². The summed E-state index contributed by atoms with van der Waals surface area (Å²) in [7, 11) is 2.94. The van der Waals surface area contributed by atoms with Crippen LogP contribution in [-0.2, 0) is 14.1 Å². The molecule has 1 saturated carbocycles. The topological polar surface area (TPSA) is 86.0 Å². The first-order valence-corrected chi connectivity index (χ1v) is 6.36. The molecule has 0 atom stereocenters. The highest BCUT2D eigenvalue weighted by molar-refractivity contribution is 5.94. The van der Waals surface area contributed by atoms with Crippen LogP contribution in [0.15, 0.2) is 21.7 Å². The van der Waals surface area contributed by atoms with Gasteiger partial charge >= 0.3 is 5.69 Å². The van der Waals surface area contributed by atoms with E-state index in [1.807, 2.05) is 0 Å². The number of aryl methyl sites for hydroxylation is 1. The van der Waals surface area contributed by atoms with Crippen molar-refractivity contribution in [3.8, 4) is 0 Å². The Morgan fingerprint density at radius 1 is 1.25 bits per heavy atom. The van der Waals surface area contributed by atoms with Crippen LogP contribution in [0.5, 0.6) is 0 Å². The van der Waals surface area contributed by atoms with Crippen molar-refractivity contribution in [2.24, 2.45) is 14.1 Å². The third-order valence-corrected chi connectivity index (χ3v) is 3.45. The van der Waals surface area contributed by atoms with Crippen molar-refractivity contribution < 1.29 is 4.79 Å². The van der Waals surface area contributed by atoms with Gasteiger partial charge in [0.05, 0.1) is 5.39 Å². The molecule has 1 amide bonds. The van der Waals surface area contributed by atoms with E-state index in [1.165, 1.54) is 30.8 Å². The van der Waals surface area contributed by atoms with E-state index < -0.39 is 11.2 Å². The molecule has 2 aromatic heterocycles. The molecule has 0 aliphatic heterocycles. The van der Waals surface area contributed by atoms with Crippen LogP contribution in [0.1, 0.15) is 23.3 Å². The van der Waals surface area contributed by atoms with Crippen LogP contribution in [0.3, 0.4) is 0 Å². The minimum Gasteiger partial charge on any atom is -0.348 e. The molecule has 1 aliphatic carbocycles. The van der Waals surface area contributed by atoms with Crippen molar-refractivity contribution in [3.05, 3.63) is 38.7 Å². The fourth-order valence-corrected chi connectivity index (χ4v) is 2.07. The molecule has 0 saturated heterocycles. The molecule has 0 spiro atoms. The number of hydrogen-bond acceptors (Lipinski definition) is 4. The summed E-state index contributed by atoms with van der Waals surface area (Å²) in [6.45, 7) is 0. The molecule has 3 rings (SSSR count). The summed E-state index contributed by atoms with van der Waals surface area (Å²) in [5, 5.41) is 3.14. The van der Waals surface area contributed by atoms with Gasteiger partial charge in [0.2, 0.25) is 0 Å². The Morgan fingerprint density at radius 2 is 1.95 bits per heavy atom. The van der Waals surface area contributed by atoms with Gasteiger partial charge in [-0.2, -0.15) is 0 Å². The number of nitrogens with one attached hydrogen (secondary N) is 1. The summed E-state index contributed by atoms with van der Waals surface area (Å²) in [5.41, 5.74) is -0.436. The average molecular weight is 274 g/mol. The van der Waals surface area contributed by atoms with Gasteiger partial charge in [-0.05, 0) is 25.0 Å². The van der Waals surface area contributed by atoms with Gasteiger partial charge in [-0.1, -0.05) is 0 Å². The zero-order chi connectivity index (χ0) is 14.4. The van der Waals surface area contributed by atoms with Crippen molar-refractivity contribution in [3.63, 3.8) is 0 Å². The Labute approximate surface area is 113 Å². The number of carbonyl (C=O) groups is 1. The number of amides is 1. The van der Waals surface area contributed by atoms with Gasteiger partial charge in [0.15, 0.2) is 0 Å². The van der Waals surface area contributed by atoms with E-state index in [0.717, 1.165) is 17.4 Å². The first-order chi connectivity index (χ1) is 9.49. The Kier molecular flexibility index (Phi) is 2.70. The SMILES string of the molecule is Cn1c(=O)c2ccc(C(=O)NC3CC3)nc2n(C)c1=O. The summed E-state index contributed by atoms with van der Waals surface area (Å²) < 4.78 is 2.29. The molecule has 0 unspecified atom stereocenters. The molecule has 0 bridgehead atoms. The van der Waals surface area contributed by atoms with Crippen molar-refractivity contribution in [1.82, 2.24) is 19.4 Å². The number of rotatable bonds is 2. The van der Waals surface area contributed by atoms with E-state index in [9.17, 15) is 14.4 Å². The van der Waals surface area contributed by atoms with E-state index in [-0.39, 0.29) is 23.3 Å². The van der Waals surface area contributed by atoms with Crippen molar-refractivity contribution in [2.45, 2.75) is 18.9 Å². The lowest BCUT2D eigenvalue weighted by Gasteiger charge is -2.08. The number of pyridine rings is 1. The lowest BCUT2D eigenvalue weighted by molar-refractivity contribution is 0.0946. The zero-order valence-corrected chi connectivity index (χ0v) is 11.2. The molecule has 7 heteroatoms. The predicted octanol–water partition coefficient (Wildman–Crippen LogP) is -0.476. The number of fused-ring (bicyclic) bond motifs is 1. The molecule has 0 radical (unpaired) electrons. The fourth-order valence-electron chi connectivity index (χ4n) is 2.07. The molecule has 2 heterocycles. The van der Waals surface area contributed by atoms with E-state index in [2.05, 4.69) is 10.3 Å². The standard InChI is InChI=1S/C13H14N4O3/c1-16-10-8(12(19)17(2)13(16)20)5-6-9(15-10)11(18)14-7-3-4-7/h5-7H,3-4H2,1-2H3,(H,14,18). The lowest BCUT2D eigenvalue weighted by Crippen LogP contribution is -2.37. The molecule has 0 aromatic carbocycles. The summed E-state index contributed by atoms with van der Waals surface area (Å²) in [6, 6.07) is 3.27. The van der Waals surface area contributed by atoms with E-state index >= 15 is 0 Å². The molecule has 1 fully saturated rings. The molecule has 2 aromatic rings. The summed E-state index contributed by atoms with van der Waals surface area (Å²) in [6.07, 6.45) is 1.97. The maximum atomic E-state index is 12.0. The van der Waals surface area contributed by atoms with E-state index in [1.54, 1.807) is 0 Å². The van der Waals surface area contributed by atoms with Gasteiger partial charge in [0, 0.05) is 20.1 Å². The van der Waals surface area contributed by atoms with Crippen LogP contribution < -0.4 is 16.6 Å². The summed E-state index contributed by atoms with van der Waals surface area (Å²) >= 11 is 0. The number of hydrogen-bond donors (Lipinski definition) is 1. The Balaban J connectivity index is 2.17. The molecule has 1 N–H and O–H groups in total. The quantitative estimate of drug-likeness (QED) is 0.801. The molecular weight excluding hydrogens is 260 g/mol. The van der Waals surface area contributed by atoms with Gasteiger partial charge in [0.1, 0.15) is 11.3 Å². The zero-order valence-electron chi connectivity index (χ0n) is 11.2. The first-order valence-electron chi connectivity index (χ1n) is 6.36. The third-order valence-electron chi connectivity index (χ3n) is 3.45. The molecule has 1 aliphatic rings. The lowest BCUT2D eigenvalue weighted by atomic mass is 10.2. The Hall–Kier alpha value is -2.44. The fraction of sp³-hybridized carbons (Fsp3) is 0.385. The molecule has 20 heavy (non-hydrogen) atoms. The summed E-state index contributed by atoms with van der Waals surface area (Å²) in [5.74, 6) is -0.275. The molecular formula is C13H14N4O3. The third kappa shape index (κ3) is 1.91. The maximum Gasteiger partial charge on any atom is 0.332 e. The number of carbonyl (C=O) groups excluding carboxylic acids is 1. The maximum absolute atomic E-state index is 12.0. The number of aromatic nitrogens is 3. The highest BCUT2D eigenvalue weighted by Gasteiger charge is 2.24. The predicted molar refractivity (Wildman–Crippen MR) is 72.7 cm³/mol. The minimum absolute atomic E-state index is 0.215. The Bertz CT molecular complexity index is 830. The van der Waals surface area contributed by atoms with Crippen LogP contribution in [-0.4, -0.2) is 26.1 Å². The smallest absolute Gasteiger partial charge is 0.332 e. The summed E-state index contributed by atoms with van der Waals surface area (Å²) in [4.78, 5) is 39.9. The van der Waals surface area contributed by atoms with Gasteiger partial charge in [-0.15, -0.1) is 0 Å². The van der Waals surface area contributed by atoms with Gasteiger partial charge in [-0.3, -0.25) is 18.7 Å². The highest BCUT2D eigenvalue weighted by atomic mass is 16.2. The average Bonchev–Trinajstić information content (AvgIpc) is 3.26. The van der Waals surface area contributed by atoms with Crippen molar-refractivity contribution in [2.75, 3.05) is 0 Å².